The van der Waals surface area contributed by atoms with E-state index < -0.39 is 0 Å². The number of unbranched alkanes of at least 4 members (excludes halogenated alkanes) is 1. The van der Waals surface area contributed by atoms with Gasteiger partial charge in [-0.05, 0) is 30.5 Å². The van der Waals surface area contributed by atoms with Gasteiger partial charge in [0.25, 0.3) is 5.91 Å². The molecule has 1 unspecified atom stereocenters. The zero-order chi connectivity index (χ0) is 14.3. The molecule has 19 heavy (non-hydrogen) atoms. The quantitative estimate of drug-likeness (QED) is 0.744. The van der Waals surface area contributed by atoms with E-state index in [1.807, 2.05) is 0 Å². The molecule has 0 saturated heterocycles. The first-order valence-corrected chi connectivity index (χ1v) is 7.70. The van der Waals surface area contributed by atoms with Crippen molar-refractivity contribution in [3.05, 3.63) is 28.2 Å². The normalized spacial score (nSPS) is 12.2. The van der Waals surface area contributed by atoms with E-state index in [-0.39, 0.29) is 5.91 Å². The lowest BCUT2D eigenvalue weighted by atomic mass is 9.99. The van der Waals surface area contributed by atoms with Crippen LogP contribution in [-0.4, -0.2) is 12.5 Å². The van der Waals surface area contributed by atoms with Gasteiger partial charge in [-0.3, -0.25) is 4.79 Å². The van der Waals surface area contributed by atoms with Gasteiger partial charge in [0, 0.05) is 22.3 Å². The predicted octanol–water partition coefficient (Wildman–Crippen LogP) is 3.98. The van der Waals surface area contributed by atoms with E-state index in [0.717, 1.165) is 17.4 Å². The molecule has 0 aromatic heterocycles. The molecule has 0 saturated carbocycles. The van der Waals surface area contributed by atoms with Crippen LogP contribution in [0.4, 0.5) is 5.69 Å². The Morgan fingerprint density at radius 1 is 1.37 bits per heavy atom. The van der Waals surface area contributed by atoms with Gasteiger partial charge in [0.2, 0.25) is 0 Å². The lowest BCUT2D eigenvalue weighted by Crippen LogP contribution is -2.29. The van der Waals surface area contributed by atoms with Gasteiger partial charge in [0.15, 0.2) is 0 Å². The Morgan fingerprint density at radius 3 is 2.68 bits per heavy atom. The topological polar surface area (TPSA) is 55.1 Å². The summed E-state index contributed by atoms with van der Waals surface area (Å²) in [6.07, 6.45) is 4.69. The van der Waals surface area contributed by atoms with Crippen LogP contribution in [0.25, 0.3) is 0 Å². The molecule has 3 nitrogen and oxygen atoms in total. The number of nitrogens with two attached hydrogens (primary N) is 1. The van der Waals surface area contributed by atoms with Crippen LogP contribution >= 0.6 is 15.9 Å². The number of halogens is 1. The van der Waals surface area contributed by atoms with Crippen molar-refractivity contribution in [1.29, 1.82) is 0 Å². The van der Waals surface area contributed by atoms with Crippen LogP contribution in [-0.2, 0) is 0 Å². The van der Waals surface area contributed by atoms with E-state index in [9.17, 15) is 4.79 Å². The highest BCUT2D eigenvalue weighted by Gasteiger charge is 2.10. The molecule has 0 heterocycles. The van der Waals surface area contributed by atoms with E-state index >= 15 is 0 Å². The van der Waals surface area contributed by atoms with Gasteiger partial charge in [0.1, 0.15) is 0 Å². The summed E-state index contributed by atoms with van der Waals surface area (Å²) in [5, 5.41) is 3.00. The molecule has 0 radical (unpaired) electrons. The number of amides is 1. The molecule has 0 fully saturated rings. The molecule has 0 aliphatic heterocycles. The second kappa shape index (κ2) is 8.20. The molecule has 3 N–H and O–H groups in total. The van der Waals surface area contributed by atoms with E-state index in [0.29, 0.717) is 17.2 Å². The van der Waals surface area contributed by atoms with Crippen molar-refractivity contribution in [2.24, 2.45) is 5.92 Å². The van der Waals surface area contributed by atoms with Crippen molar-refractivity contribution in [1.82, 2.24) is 5.32 Å². The second-order valence-electron chi connectivity index (χ2n) is 4.90. The maximum Gasteiger partial charge on any atom is 0.251 e. The van der Waals surface area contributed by atoms with E-state index in [1.54, 1.807) is 18.2 Å². The Kier molecular flexibility index (Phi) is 6.92. The molecule has 1 rings (SSSR count). The van der Waals surface area contributed by atoms with Gasteiger partial charge >= 0.3 is 0 Å². The molecule has 1 aromatic carbocycles. The molecular weight excluding hydrogens is 304 g/mol. The van der Waals surface area contributed by atoms with Gasteiger partial charge in [0.05, 0.1) is 0 Å². The van der Waals surface area contributed by atoms with Crippen molar-refractivity contribution in [2.75, 3.05) is 12.3 Å². The second-order valence-corrected chi connectivity index (χ2v) is 5.82. The number of anilines is 1. The summed E-state index contributed by atoms with van der Waals surface area (Å²) in [5.41, 5.74) is 6.94. The van der Waals surface area contributed by atoms with Crippen LogP contribution in [0.2, 0.25) is 0 Å². The van der Waals surface area contributed by atoms with Gasteiger partial charge in [-0.2, -0.15) is 0 Å². The van der Waals surface area contributed by atoms with Crippen molar-refractivity contribution >= 4 is 27.5 Å². The SMILES string of the molecule is CCCCC(CC)CNC(=O)c1cc(N)cc(Br)c1. The minimum absolute atomic E-state index is 0.0528. The Hall–Kier alpha value is -1.03. The number of nitrogen functional groups attached to an aromatic ring is 1. The Labute approximate surface area is 124 Å². The van der Waals surface area contributed by atoms with Crippen LogP contribution in [0.1, 0.15) is 49.9 Å². The van der Waals surface area contributed by atoms with Crippen LogP contribution in [0.15, 0.2) is 22.7 Å². The fraction of sp³-hybridized carbons (Fsp3) is 0.533. The van der Waals surface area contributed by atoms with Crippen LogP contribution < -0.4 is 11.1 Å². The minimum Gasteiger partial charge on any atom is -0.399 e. The molecule has 1 aromatic rings. The number of hydrogen-bond acceptors (Lipinski definition) is 2. The van der Waals surface area contributed by atoms with Crippen molar-refractivity contribution in [2.45, 2.75) is 39.5 Å². The van der Waals surface area contributed by atoms with E-state index in [1.165, 1.54) is 19.3 Å². The number of carbonyl (C=O) groups is 1. The highest BCUT2D eigenvalue weighted by molar-refractivity contribution is 9.10. The Morgan fingerprint density at radius 2 is 2.11 bits per heavy atom. The molecule has 4 heteroatoms. The molecule has 0 spiro atoms. The summed E-state index contributed by atoms with van der Waals surface area (Å²) >= 11 is 3.35. The lowest BCUT2D eigenvalue weighted by Gasteiger charge is -2.15. The maximum atomic E-state index is 12.1. The number of nitrogens with one attached hydrogen (secondary N) is 1. The first-order chi connectivity index (χ1) is 9.06. The van der Waals surface area contributed by atoms with E-state index in [2.05, 4.69) is 35.1 Å². The van der Waals surface area contributed by atoms with E-state index in [4.69, 9.17) is 5.73 Å². The maximum absolute atomic E-state index is 12.1. The van der Waals surface area contributed by atoms with Crippen LogP contribution in [0.5, 0.6) is 0 Å². The number of carbonyl (C=O) groups excluding carboxylic acids is 1. The molecule has 1 amide bonds. The third kappa shape index (κ3) is 5.64. The number of rotatable bonds is 7. The standard InChI is InChI=1S/C15H23BrN2O/c1-3-5-6-11(4-2)10-18-15(19)12-7-13(16)9-14(17)8-12/h7-9,11H,3-6,10,17H2,1-2H3,(H,18,19). The van der Waals surface area contributed by atoms with Crippen LogP contribution in [0, 0.1) is 5.92 Å². The Bertz CT molecular complexity index is 400. The zero-order valence-corrected chi connectivity index (χ0v) is 13.3. The lowest BCUT2D eigenvalue weighted by molar-refractivity contribution is 0.0946. The Balaban J connectivity index is 2.54. The zero-order valence-electron chi connectivity index (χ0n) is 11.7. The summed E-state index contributed by atoms with van der Waals surface area (Å²) in [6.45, 7) is 5.10. The highest BCUT2D eigenvalue weighted by Crippen LogP contribution is 2.17. The first kappa shape index (κ1) is 16.0. The summed E-state index contributed by atoms with van der Waals surface area (Å²) < 4.78 is 0.829. The molecule has 0 aliphatic carbocycles. The van der Waals surface area contributed by atoms with Gasteiger partial charge in [-0.1, -0.05) is 49.0 Å². The van der Waals surface area contributed by atoms with Crippen molar-refractivity contribution < 1.29 is 4.79 Å². The average Bonchev–Trinajstić information content (AvgIpc) is 2.37. The fourth-order valence-electron chi connectivity index (χ4n) is 2.03. The van der Waals surface area contributed by atoms with Crippen molar-refractivity contribution in [3.8, 4) is 0 Å². The summed E-state index contributed by atoms with van der Waals surface area (Å²) in [4.78, 5) is 12.1. The molecular formula is C15H23BrN2O. The monoisotopic (exact) mass is 326 g/mol. The van der Waals surface area contributed by atoms with Crippen LogP contribution in [0.3, 0.4) is 0 Å². The highest BCUT2D eigenvalue weighted by atomic mass is 79.9. The molecule has 106 valence electrons. The van der Waals surface area contributed by atoms with Gasteiger partial charge < -0.3 is 11.1 Å². The fourth-order valence-corrected chi connectivity index (χ4v) is 2.54. The summed E-state index contributed by atoms with van der Waals surface area (Å²) in [7, 11) is 0. The third-order valence-corrected chi connectivity index (χ3v) is 3.73. The molecule has 0 aliphatic rings. The molecule has 0 bridgehead atoms. The number of benzene rings is 1. The average molecular weight is 327 g/mol. The molecule has 1 atom stereocenters. The largest absolute Gasteiger partial charge is 0.399 e. The first-order valence-electron chi connectivity index (χ1n) is 6.91. The third-order valence-electron chi connectivity index (χ3n) is 3.28. The predicted molar refractivity (Wildman–Crippen MR) is 84.2 cm³/mol. The van der Waals surface area contributed by atoms with Crippen molar-refractivity contribution in [3.63, 3.8) is 0 Å². The summed E-state index contributed by atoms with van der Waals surface area (Å²) in [6, 6.07) is 5.28. The smallest absolute Gasteiger partial charge is 0.251 e. The van der Waals surface area contributed by atoms with Gasteiger partial charge in [-0.25, -0.2) is 0 Å². The minimum atomic E-state index is -0.0528. The van der Waals surface area contributed by atoms with Gasteiger partial charge in [-0.15, -0.1) is 0 Å². The number of hydrogen-bond donors (Lipinski definition) is 2. The summed E-state index contributed by atoms with van der Waals surface area (Å²) in [5.74, 6) is 0.511.